The first-order chi connectivity index (χ1) is 8.65. The molecule has 1 aromatic heterocycles. The minimum absolute atomic E-state index is 0.0299. The molecule has 0 bridgehead atoms. The molecule has 0 spiro atoms. The third-order valence-corrected chi connectivity index (χ3v) is 2.59. The van der Waals surface area contributed by atoms with E-state index < -0.39 is 0 Å². The summed E-state index contributed by atoms with van der Waals surface area (Å²) in [4.78, 5) is 17.9. The highest BCUT2D eigenvalue weighted by Gasteiger charge is 2.17. The van der Waals surface area contributed by atoms with E-state index in [9.17, 15) is 4.79 Å². The van der Waals surface area contributed by atoms with Crippen molar-refractivity contribution in [2.45, 2.75) is 39.8 Å². The van der Waals surface area contributed by atoms with E-state index in [4.69, 9.17) is 4.74 Å². The number of rotatable bonds is 7. The van der Waals surface area contributed by atoms with Gasteiger partial charge in [-0.1, -0.05) is 13.0 Å². The van der Waals surface area contributed by atoms with Crippen LogP contribution >= 0.6 is 0 Å². The summed E-state index contributed by atoms with van der Waals surface area (Å²) in [6.45, 7) is 7.42. The molecular weight excluding hydrogens is 228 g/mol. The minimum atomic E-state index is 0.0299. The number of carbonyl (C=O) groups excluding carboxylic acids is 1. The van der Waals surface area contributed by atoms with E-state index in [1.54, 1.807) is 12.4 Å². The predicted octanol–water partition coefficient (Wildman–Crippen LogP) is 2.25. The molecule has 1 heterocycles. The van der Waals surface area contributed by atoms with Crippen LogP contribution in [0.15, 0.2) is 24.5 Å². The van der Waals surface area contributed by atoms with E-state index in [0.29, 0.717) is 13.2 Å². The highest BCUT2D eigenvalue weighted by atomic mass is 16.5. The van der Waals surface area contributed by atoms with Gasteiger partial charge in [0.1, 0.15) is 6.61 Å². The molecular formula is C14H22N2O2. The minimum Gasteiger partial charge on any atom is -0.372 e. The van der Waals surface area contributed by atoms with Crippen LogP contribution in [0.1, 0.15) is 32.8 Å². The zero-order valence-corrected chi connectivity index (χ0v) is 11.4. The van der Waals surface area contributed by atoms with E-state index >= 15 is 0 Å². The maximum Gasteiger partial charge on any atom is 0.249 e. The largest absolute Gasteiger partial charge is 0.372 e. The van der Waals surface area contributed by atoms with Crippen molar-refractivity contribution in [2.24, 2.45) is 0 Å². The second kappa shape index (κ2) is 7.82. The quantitative estimate of drug-likeness (QED) is 0.697. The Bertz CT molecular complexity index is 352. The highest BCUT2D eigenvalue weighted by Crippen LogP contribution is 2.07. The summed E-state index contributed by atoms with van der Waals surface area (Å²) >= 11 is 0. The van der Waals surface area contributed by atoms with Crippen molar-refractivity contribution in [1.29, 1.82) is 0 Å². The Hall–Kier alpha value is -1.42. The Labute approximate surface area is 109 Å². The standard InChI is InChI=1S/C14H22N2O2/c1-4-8-18-11-14(17)16(12(2)3)10-13-6-5-7-15-9-13/h5-7,9,12H,4,8,10-11H2,1-3H3. The van der Waals surface area contributed by atoms with E-state index in [-0.39, 0.29) is 18.6 Å². The summed E-state index contributed by atoms with van der Waals surface area (Å²) in [6.07, 6.45) is 4.45. The van der Waals surface area contributed by atoms with Crippen molar-refractivity contribution in [2.75, 3.05) is 13.2 Å². The van der Waals surface area contributed by atoms with Gasteiger partial charge in [-0.3, -0.25) is 9.78 Å². The average Bonchev–Trinajstić information content (AvgIpc) is 2.37. The molecule has 4 heteroatoms. The maximum atomic E-state index is 12.0. The fraction of sp³-hybridized carbons (Fsp3) is 0.571. The number of pyridine rings is 1. The first-order valence-corrected chi connectivity index (χ1v) is 6.41. The van der Waals surface area contributed by atoms with E-state index in [0.717, 1.165) is 12.0 Å². The first-order valence-electron chi connectivity index (χ1n) is 6.41. The molecule has 18 heavy (non-hydrogen) atoms. The summed E-state index contributed by atoms with van der Waals surface area (Å²) in [7, 11) is 0. The fourth-order valence-electron chi connectivity index (χ4n) is 1.63. The van der Waals surface area contributed by atoms with E-state index in [2.05, 4.69) is 4.98 Å². The Balaban J connectivity index is 2.57. The van der Waals surface area contributed by atoms with Crippen molar-refractivity contribution < 1.29 is 9.53 Å². The van der Waals surface area contributed by atoms with Gasteiger partial charge in [0.05, 0.1) is 0 Å². The topological polar surface area (TPSA) is 42.4 Å². The van der Waals surface area contributed by atoms with Crippen LogP contribution in [0.25, 0.3) is 0 Å². The zero-order valence-electron chi connectivity index (χ0n) is 11.4. The van der Waals surface area contributed by atoms with Gasteiger partial charge in [-0.05, 0) is 31.9 Å². The summed E-state index contributed by atoms with van der Waals surface area (Å²) in [6, 6.07) is 4.01. The monoisotopic (exact) mass is 250 g/mol. The number of carbonyl (C=O) groups is 1. The lowest BCUT2D eigenvalue weighted by molar-refractivity contribution is -0.138. The predicted molar refractivity (Wildman–Crippen MR) is 71.0 cm³/mol. The Morgan fingerprint density at radius 2 is 2.28 bits per heavy atom. The fourth-order valence-corrected chi connectivity index (χ4v) is 1.63. The van der Waals surface area contributed by atoms with Gasteiger partial charge >= 0.3 is 0 Å². The van der Waals surface area contributed by atoms with Crippen molar-refractivity contribution >= 4 is 5.91 Å². The molecule has 0 aliphatic rings. The lowest BCUT2D eigenvalue weighted by atomic mass is 10.2. The lowest BCUT2D eigenvalue weighted by Crippen LogP contribution is -2.38. The number of amides is 1. The zero-order chi connectivity index (χ0) is 13.4. The maximum absolute atomic E-state index is 12.0. The third kappa shape index (κ3) is 4.84. The van der Waals surface area contributed by atoms with Crippen molar-refractivity contribution in [3.8, 4) is 0 Å². The summed E-state index contributed by atoms with van der Waals surface area (Å²) < 4.78 is 5.31. The van der Waals surface area contributed by atoms with Crippen LogP contribution in [0.5, 0.6) is 0 Å². The van der Waals surface area contributed by atoms with Gasteiger partial charge in [-0.15, -0.1) is 0 Å². The average molecular weight is 250 g/mol. The first kappa shape index (κ1) is 14.6. The second-order valence-electron chi connectivity index (χ2n) is 4.53. The van der Waals surface area contributed by atoms with Crippen LogP contribution in [0.3, 0.4) is 0 Å². The van der Waals surface area contributed by atoms with Gasteiger partial charge in [0.15, 0.2) is 0 Å². The van der Waals surface area contributed by atoms with Crippen molar-refractivity contribution in [3.05, 3.63) is 30.1 Å². The molecule has 0 atom stereocenters. The number of aromatic nitrogens is 1. The molecule has 0 aliphatic carbocycles. The van der Waals surface area contributed by atoms with Gasteiger partial charge in [0.25, 0.3) is 0 Å². The molecule has 0 N–H and O–H groups in total. The molecule has 0 saturated carbocycles. The van der Waals surface area contributed by atoms with Crippen molar-refractivity contribution in [3.63, 3.8) is 0 Å². The van der Waals surface area contributed by atoms with Gasteiger partial charge < -0.3 is 9.64 Å². The lowest BCUT2D eigenvalue weighted by Gasteiger charge is -2.26. The molecule has 0 aromatic carbocycles. The van der Waals surface area contributed by atoms with Gasteiger partial charge in [-0.25, -0.2) is 0 Å². The van der Waals surface area contributed by atoms with Crippen molar-refractivity contribution in [1.82, 2.24) is 9.88 Å². The molecule has 0 saturated heterocycles. The molecule has 0 unspecified atom stereocenters. The smallest absolute Gasteiger partial charge is 0.249 e. The van der Waals surface area contributed by atoms with Crippen LogP contribution in [-0.4, -0.2) is 35.0 Å². The summed E-state index contributed by atoms with van der Waals surface area (Å²) in [5.41, 5.74) is 1.04. The Morgan fingerprint density at radius 1 is 1.50 bits per heavy atom. The van der Waals surface area contributed by atoms with Crippen LogP contribution in [0, 0.1) is 0 Å². The molecule has 0 radical (unpaired) electrons. The van der Waals surface area contributed by atoms with E-state index in [1.807, 2.05) is 37.8 Å². The molecule has 1 amide bonds. The molecule has 100 valence electrons. The van der Waals surface area contributed by atoms with Crippen LogP contribution in [-0.2, 0) is 16.1 Å². The molecule has 1 rings (SSSR count). The molecule has 1 aromatic rings. The second-order valence-corrected chi connectivity index (χ2v) is 4.53. The summed E-state index contributed by atoms with van der Waals surface area (Å²) in [5, 5.41) is 0. The third-order valence-electron chi connectivity index (χ3n) is 2.59. The Kier molecular flexibility index (Phi) is 6.36. The molecule has 0 fully saturated rings. The van der Waals surface area contributed by atoms with Crippen LogP contribution < -0.4 is 0 Å². The van der Waals surface area contributed by atoms with Gasteiger partial charge in [-0.2, -0.15) is 0 Å². The highest BCUT2D eigenvalue weighted by molar-refractivity contribution is 5.77. The van der Waals surface area contributed by atoms with Gasteiger partial charge in [0, 0.05) is 31.6 Å². The number of ether oxygens (including phenoxy) is 1. The van der Waals surface area contributed by atoms with Gasteiger partial charge in [0.2, 0.25) is 5.91 Å². The number of hydrogen-bond acceptors (Lipinski definition) is 3. The number of nitrogens with zero attached hydrogens (tertiary/aromatic N) is 2. The molecule has 0 aliphatic heterocycles. The van der Waals surface area contributed by atoms with Crippen LogP contribution in [0.2, 0.25) is 0 Å². The van der Waals surface area contributed by atoms with Crippen LogP contribution in [0.4, 0.5) is 0 Å². The Morgan fingerprint density at radius 3 is 2.83 bits per heavy atom. The SMILES string of the molecule is CCCOCC(=O)N(Cc1cccnc1)C(C)C. The van der Waals surface area contributed by atoms with E-state index in [1.165, 1.54) is 0 Å². The normalized spacial score (nSPS) is 10.7. The molecule has 4 nitrogen and oxygen atoms in total. The number of hydrogen-bond donors (Lipinski definition) is 0. The summed E-state index contributed by atoms with van der Waals surface area (Å²) in [5.74, 6) is 0.0299.